The van der Waals surface area contributed by atoms with Gasteiger partial charge in [0.05, 0.1) is 6.61 Å². The van der Waals surface area contributed by atoms with E-state index in [1.807, 2.05) is 0 Å². The first-order valence-corrected chi connectivity index (χ1v) is 31.8. The molecular weight excluding hydrogens is 885 g/mol. The van der Waals surface area contributed by atoms with Crippen LogP contribution in [0.5, 0.6) is 0 Å². The second-order valence-corrected chi connectivity index (χ2v) is 21.3. The van der Waals surface area contributed by atoms with Gasteiger partial charge >= 0.3 is 11.9 Å². The number of unbranched alkanes of at least 4 members (excludes halogenated alkanes) is 38. The molecule has 5 heteroatoms. The number of rotatable bonds is 59. The fraction of sp³-hybridized carbons (Fsp3) is 0.821. The molecule has 5 nitrogen and oxygen atoms in total. The number of allylic oxidation sites excluding steroid dienone is 10. The SMILES string of the molecule is CCCCC/C=C\C/C=C\C/C=C\CCCCCCCCC(=O)OCC(COCCCCCCCCCC/C=C\CCCCCCCC)OC(=O)CCCCCCCCCCC/C=C\CCCCCCCC. The lowest BCUT2D eigenvalue weighted by Gasteiger charge is -2.18. The number of hydrogen-bond donors (Lipinski definition) is 0. The third-order valence-corrected chi connectivity index (χ3v) is 14.0. The summed E-state index contributed by atoms with van der Waals surface area (Å²) in [6.07, 6.45) is 81.1. The van der Waals surface area contributed by atoms with Crippen molar-refractivity contribution in [1.82, 2.24) is 0 Å². The molecule has 0 radical (unpaired) electrons. The van der Waals surface area contributed by atoms with Gasteiger partial charge in [0.2, 0.25) is 0 Å². The van der Waals surface area contributed by atoms with Gasteiger partial charge in [0.25, 0.3) is 0 Å². The highest BCUT2D eigenvalue weighted by Gasteiger charge is 2.18. The first-order valence-electron chi connectivity index (χ1n) is 31.8. The lowest BCUT2D eigenvalue weighted by atomic mass is 10.1. The van der Waals surface area contributed by atoms with Crippen LogP contribution in [0.25, 0.3) is 0 Å². The highest BCUT2D eigenvalue weighted by Crippen LogP contribution is 2.16. The van der Waals surface area contributed by atoms with Crippen LogP contribution in [-0.4, -0.2) is 37.9 Å². The molecule has 0 saturated carbocycles. The molecule has 1 unspecified atom stereocenters. The minimum absolute atomic E-state index is 0.0778. The number of carbonyl (C=O) groups is 2. The zero-order chi connectivity index (χ0) is 52.0. The predicted octanol–water partition coefficient (Wildman–Crippen LogP) is 22.0. The fourth-order valence-corrected chi connectivity index (χ4v) is 9.21. The highest BCUT2D eigenvalue weighted by molar-refractivity contribution is 5.70. The standard InChI is InChI=1S/C67H122O5/c1-4-7-10-13-16-19-22-25-28-31-34-36-39-42-45-48-51-54-57-60-66(68)71-64-65(63-70-62-59-56-53-50-47-44-41-38-33-30-27-24-21-18-15-12-9-6-3)72-67(69)61-58-55-52-49-46-43-40-37-35-32-29-26-23-20-17-14-11-8-5-2/h16,19,25-30,34,36,65H,4-15,17-18,20-24,31-33,35,37-64H2,1-3H3/b19-16-,28-25-,29-26-,30-27-,36-34-. The van der Waals surface area contributed by atoms with Gasteiger partial charge in [-0.3, -0.25) is 9.59 Å². The van der Waals surface area contributed by atoms with Crippen LogP contribution in [0, 0.1) is 0 Å². The quantitative estimate of drug-likeness (QED) is 0.0345. The molecule has 0 aliphatic rings. The molecule has 0 bridgehead atoms. The minimum Gasteiger partial charge on any atom is -0.462 e. The maximum Gasteiger partial charge on any atom is 0.306 e. The summed E-state index contributed by atoms with van der Waals surface area (Å²) in [7, 11) is 0. The van der Waals surface area contributed by atoms with Gasteiger partial charge < -0.3 is 14.2 Å². The summed E-state index contributed by atoms with van der Waals surface area (Å²) in [5.74, 6) is -0.400. The van der Waals surface area contributed by atoms with Crippen molar-refractivity contribution in [1.29, 1.82) is 0 Å². The Morgan fingerprint density at radius 1 is 0.306 bits per heavy atom. The average Bonchev–Trinajstić information content (AvgIpc) is 3.38. The van der Waals surface area contributed by atoms with Gasteiger partial charge in [0.1, 0.15) is 6.61 Å². The predicted molar refractivity (Wildman–Crippen MR) is 316 cm³/mol. The Hall–Kier alpha value is -2.40. The number of hydrogen-bond acceptors (Lipinski definition) is 5. The molecule has 0 amide bonds. The van der Waals surface area contributed by atoms with Crippen LogP contribution in [-0.2, 0) is 23.8 Å². The molecule has 0 aliphatic heterocycles. The van der Waals surface area contributed by atoms with Gasteiger partial charge in [-0.2, -0.15) is 0 Å². The maximum atomic E-state index is 12.9. The molecule has 420 valence electrons. The van der Waals surface area contributed by atoms with E-state index in [0.29, 0.717) is 19.4 Å². The Bertz CT molecular complexity index is 1230. The lowest BCUT2D eigenvalue weighted by Crippen LogP contribution is -2.30. The Morgan fingerprint density at radius 3 is 0.972 bits per heavy atom. The number of ether oxygens (including phenoxy) is 3. The average molecular weight is 1010 g/mol. The maximum absolute atomic E-state index is 12.9. The lowest BCUT2D eigenvalue weighted by molar-refractivity contribution is -0.163. The summed E-state index contributed by atoms with van der Waals surface area (Å²) in [6.45, 7) is 7.82. The Labute approximate surface area is 449 Å². The van der Waals surface area contributed by atoms with E-state index in [-0.39, 0.29) is 25.2 Å². The fourth-order valence-electron chi connectivity index (χ4n) is 9.21. The molecule has 0 fully saturated rings. The van der Waals surface area contributed by atoms with E-state index < -0.39 is 6.10 Å². The second kappa shape index (κ2) is 62.9. The zero-order valence-corrected chi connectivity index (χ0v) is 48.5. The normalized spacial score (nSPS) is 12.5. The molecule has 72 heavy (non-hydrogen) atoms. The van der Waals surface area contributed by atoms with Crippen molar-refractivity contribution in [2.24, 2.45) is 0 Å². The third kappa shape index (κ3) is 60.2. The van der Waals surface area contributed by atoms with Gasteiger partial charge in [-0.25, -0.2) is 0 Å². The molecule has 0 saturated heterocycles. The summed E-state index contributed by atoms with van der Waals surface area (Å²) in [4.78, 5) is 25.6. The molecule has 0 heterocycles. The Balaban J connectivity index is 4.29. The van der Waals surface area contributed by atoms with Crippen LogP contribution in [0.1, 0.15) is 329 Å². The number of esters is 2. The van der Waals surface area contributed by atoms with Crippen molar-refractivity contribution in [3.05, 3.63) is 60.8 Å². The summed E-state index contributed by atoms with van der Waals surface area (Å²) in [5, 5.41) is 0. The van der Waals surface area contributed by atoms with Gasteiger partial charge in [-0.15, -0.1) is 0 Å². The van der Waals surface area contributed by atoms with Gasteiger partial charge in [-0.1, -0.05) is 268 Å². The largest absolute Gasteiger partial charge is 0.462 e. The molecule has 0 spiro atoms. The molecule has 0 N–H and O–H groups in total. The third-order valence-electron chi connectivity index (χ3n) is 14.0. The van der Waals surface area contributed by atoms with E-state index in [4.69, 9.17) is 14.2 Å². The monoisotopic (exact) mass is 1010 g/mol. The summed E-state index contributed by atoms with van der Waals surface area (Å²) >= 11 is 0. The topological polar surface area (TPSA) is 61.8 Å². The second-order valence-electron chi connectivity index (χ2n) is 21.3. The van der Waals surface area contributed by atoms with Crippen LogP contribution < -0.4 is 0 Å². The van der Waals surface area contributed by atoms with Crippen LogP contribution in [0.15, 0.2) is 60.8 Å². The molecule has 1 atom stereocenters. The van der Waals surface area contributed by atoms with E-state index in [9.17, 15) is 9.59 Å². The van der Waals surface area contributed by atoms with Crippen molar-refractivity contribution in [2.75, 3.05) is 19.8 Å². The first-order chi connectivity index (χ1) is 35.6. The van der Waals surface area contributed by atoms with Crippen molar-refractivity contribution in [3.8, 4) is 0 Å². The van der Waals surface area contributed by atoms with Gasteiger partial charge in [0, 0.05) is 19.4 Å². The van der Waals surface area contributed by atoms with E-state index in [2.05, 4.69) is 81.5 Å². The molecule has 0 aliphatic carbocycles. The van der Waals surface area contributed by atoms with Gasteiger partial charge in [-0.05, 0) is 109 Å². The minimum atomic E-state index is -0.546. The van der Waals surface area contributed by atoms with Crippen molar-refractivity contribution < 1.29 is 23.8 Å². The van der Waals surface area contributed by atoms with Gasteiger partial charge in [0.15, 0.2) is 6.10 Å². The van der Waals surface area contributed by atoms with Crippen LogP contribution in [0.2, 0.25) is 0 Å². The zero-order valence-electron chi connectivity index (χ0n) is 48.5. The van der Waals surface area contributed by atoms with E-state index >= 15 is 0 Å². The van der Waals surface area contributed by atoms with Crippen LogP contribution >= 0.6 is 0 Å². The number of carbonyl (C=O) groups excluding carboxylic acids is 2. The van der Waals surface area contributed by atoms with Crippen molar-refractivity contribution in [3.63, 3.8) is 0 Å². The Morgan fingerprint density at radius 2 is 0.583 bits per heavy atom. The molecule has 0 aromatic heterocycles. The van der Waals surface area contributed by atoms with Crippen LogP contribution in [0.3, 0.4) is 0 Å². The van der Waals surface area contributed by atoms with E-state index in [0.717, 1.165) is 64.2 Å². The smallest absolute Gasteiger partial charge is 0.306 e. The first kappa shape index (κ1) is 69.6. The molecular formula is C67H122O5. The van der Waals surface area contributed by atoms with Crippen molar-refractivity contribution >= 4 is 11.9 Å². The summed E-state index contributed by atoms with van der Waals surface area (Å²) in [6, 6.07) is 0. The van der Waals surface area contributed by atoms with Crippen molar-refractivity contribution in [2.45, 2.75) is 335 Å². The van der Waals surface area contributed by atoms with E-state index in [1.165, 1.54) is 231 Å². The summed E-state index contributed by atoms with van der Waals surface area (Å²) in [5.41, 5.74) is 0. The highest BCUT2D eigenvalue weighted by atomic mass is 16.6. The van der Waals surface area contributed by atoms with E-state index in [1.54, 1.807) is 0 Å². The molecule has 0 aromatic rings. The Kier molecular flexibility index (Phi) is 60.8. The molecule has 0 aromatic carbocycles. The van der Waals surface area contributed by atoms with Crippen LogP contribution in [0.4, 0.5) is 0 Å². The summed E-state index contributed by atoms with van der Waals surface area (Å²) < 4.78 is 17.5. The molecule has 0 rings (SSSR count).